The van der Waals surface area contributed by atoms with Gasteiger partial charge in [0.05, 0.1) is 11.3 Å². The van der Waals surface area contributed by atoms with Crippen molar-refractivity contribution in [1.29, 1.82) is 5.26 Å². The Morgan fingerprint density at radius 1 is 1.33 bits per heavy atom. The van der Waals surface area contributed by atoms with Crippen molar-refractivity contribution >= 4 is 17.3 Å². The fourth-order valence-corrected chi connectivity index (χ4v) is 3.10. The maximum absolute atomic E-state index is 11.7. The molecule has 1 amide bonds. The average molecular weight is 321 g/mol. The van der Waals surface area contributed by atoms with Crippen LogP contribution in [0.25, 0.3) is 0 Å². The molecule has 0 aliphatic carbocycles. The maximum Gasteiger partial charge on any atom is 0.250 e. The van der Waals surface area contributed by atoms with E-state index in [0.29, 0.717) is 11.3 Å². The van der Waals surface area contributed by atoms with Gasteiger partial charge in [-0.25, -0.2) is 4.98 Å². The number of piperidine rings is 1. The number of hydrogen-bond donors (Lipinski definition) is 2. The number of carbonyl (C=O) groups is 1. The summed E-state index contributed by atoms with van der Waals surface area (Å²) in [5.41, 5.74) is 8.04. The summed E-state index contributed by atoms with van der Waals surface area (Å²) in [6, 6.07) is 13.4. The molecule has 0 spiro atoms. The number of carbonyl (C=O) groups excluding carboxylic acids is 1. The first-order chi connectivity index (χ1) is 11.7. The molecule has 24 heavy (non-hydrogen) atoms. The van der Waals surface area contributed by atoms with Crippen LogP contribution in [0.3, 0.4) is 0 Å². The van der Waals surface area contributed by atoms with Crippen LogP contribution in [0.15, 0.2) is 42.6 Å². The molecule has 6 nitrogen and oxygen atoms in total. The molecule has 1 fully saturated rings. The van der Waals surface area contributed by atoms with E-state index in [-0.39, 0.29) is 6.04 Å². The molecule has 1 aliphatic heterocycles. The van der Waals surface area contributed by atoms with Crippen molar-refractivity contribution in [1.82, 2.24) is 4.98 Å². The van der Waals surface area contributed by atoms with Crippen LogP contribution < -0.4 is 16.0 Å². The number of nitrogens with zero attached hydrogens (tertiary/aromatic N) is 3. The Morgan fingerprint density at radius 3 is 2.96 bits per heavy atom. The third-order valence-corrected chi connectivity index (χ3v) is 4.20. The lowest BCUT2D eigenvalue weighted by Crippen LogP contribution is -2.43. The molecule has 1 saturated heterocycles. The summed E-state index contributed by atoms with van der Waals surface area (Å²) in [6.07, 6.45) is 3.60. The highest BCUT2D eigenvalue weighted by Gasteiger charge is 2.23. The minimum Gasteiger partial charge on any atom is -0.378 e. The van der Waals surface area contributed by atoms with Crippen LogP contribution in [0.2, 0.25) is 0 Å². The monoisotopic (exact) mass is 321 g/mol. The molecule has 6 heteroatoms. The molecule has 1 atom stereocenters. The predicted molar refractivity (Wildman–Crippen MR) is 92.8 cm³/mol. The quantitative estimate of drug-likeness (QED) is 0.899. The van der Waals surface area contributed by atoms with Gasteiger partial charge in [0.25, 0.3) is 5.91 Å². The van der Waals surface area contributed by atoms with E-state index in [0.717, 1.165) is 37.3 Å². The molecule has 1 unspecified atom stereocenters. The lowest BCUT2D eigenvalue weighted by molar-refractivity contribution is 0.100. The van der Waals surface area contributed by atoms with E-state index >= 15 is 0 Å². The number of nitrogens with two attached hydrogens (primary N) is 1. The highest BCUT2D eigenvalue weighted by molar-refractivity contribution is 5.98. The number of para-hydroxylation sites is 1. The van der Waals surface area contributed by atoms with Crippen molar-refractivity contribution in [3.05, 3.63) is 53.9 Å². The zero-order valence-corrected chi connectivity index (χ0v) is 13.3. The smallest absolute Gasteiger partial charge is 0.250 e. The Balaban J connectivity index is 1.78. The second kappa shape index (κ2) is 7.01. The van der Waals surface area contributed by atoms with Crippen molar-refractivity contribution in [2.24, 2.45) is 5.73 Å². The summed E-state index contributed by atoms with van der Waals surface area (Å²) in [6.45, 7) is 1.62. The van der Waals surface area contributed by atoms with E-state index in [2.05, 4.69) is 21.3 Å². The lowest BCUT2D eigenvalue weighted by Gasteiger charge is -2.36. The van der Waals surface area contributed by atoms with E-state index in [1.165, 1.54) is 0 Å². The zero-order valence-electron chi connectivity index (χ0n) is 13.3. The van der Waals surface area contributed by atoms with Gasteiger partial charge < -0.3 is 16.0 Å². The first kappa shape index (κ1) is 15.8. The van der Waals surface area contributed by atoms with Crippen molar-refractivity contribution in [3.63, 3.8) is 0 Å². The second-order valence-electron chi connectivity index (χ2n) is 5.82. The summed E-state index contributed by atoms with van der Waals surface area (Å²) >= 11 is 0. The largest absolute Gasteiger partial charge is 0.378 e. The molecule has 1 aromatic heterocycles. The van der Waals surface area contributed by atoms with Gasteiger partial charge in [0, 0.05) is 31.0 Å². The molecular formula is C18H19N5O. The standard InChI is InChI=1S/C18H19N5O/c19-11-16-15(7-3-9-21-16)22-13-5-4-10-23(12-13)17-8-2-1-6-14(17)18(20)24/h1-3,6-9,13,22H,4-5,10,12H2,(H2,20,24). The Labute approximate surface area is 140 Å². The SMILES string of the molecule is N#Cc1ncccc1NC1CCCN(c2ccccc2C(N)=O)C1. The highest BCUT2D eigenvalue weighted by atomic mass is 16.1. The lowest BCUT2D eigenvalue weighted by atomic mass is 10.0. The van der Waals surface area contributed by atoms with Crippen molar-refractivity contribution < 1.29 is 4.79 Å². The van der Waals surface area contributed by atoms with Gasteiger partial charge in [-0.1, -0.05) is 12.1 Å². The van der Waals surface area contributed by atoms with E-state index in [1.54, 1.807) is 12.3 Å². The van der Waals surface area contributed by atoms with Crippen LogP contribution in [0, 0.1) is 11.3 Å². The molecule has 122 valence electrons. The number of rotatable bonds is 4. The van der Waals surface area contributed by atoms with Crippen LogP contribution in [-0.2, 0) is 0 Å². The Morgan fingerprint density at radius 2 is 2.17 bits per heavy atom. The molecule has 3 rings (SSSR count). The summed E-state index contributed by atoms with van der Waals surface area (Å²) in [4.78, 5) is 17.9. The minimum atomic E-state index is -0.417. The van der Waals surface area contributed by atoms with Crippen molar-refractivity contribution in [2.75, 3.05) is 23.3 Å². The van der Waals surface area contributed by atoms with Gasteiger partial charge in [-0.15, -0.1) is 0 Å². The molecule has 1 aliphatic rings. The number of primary amides is 1. The molecule has 1 aromatic carbocycles. The van der Waals surface area contributed by atoms with Crippen LogP contribution in [0.4, 0.5) is 11.4 Å². The second-order valence-corrected chi connectivity index (χ2v) is 5.82. The molecular weight excluding hydrogens is 302 g/mol. The maximum atomic E-state index is 11.7. The fourth-order valence-electron chi connectivity index (χ4n) is 3.10. The fraction of sp³-hybridized carbons (Fsp3) is 0.278. The Kier molecular flexibility index (Phi) is 4.62. The number of pyridine rings is 1. The topological polar surface area (TPSA) is 95.0 Å². The van der Waals surface area contributed by atoms with Crippen molar-refractivity contribution in [3.8, 4) is 6.07 Å². The number of benzene rings is 1. The number of anilines is 2. The van der Waals surface area contributed by atoms with E-state index in [1.807, 2.05) is 30.3 Å². The third kappa shape index (κ3) is 3.30. The summed E-state index contributed by atoms with van der Waals surface area (Å²) in [7, 11) is 0. The van der Waals surface area contributed by atoms with Gasteiger partial charge in [-0.2, -0.15) is 5.26 Å². The van der Waals surface area contributed by atoms with Gasteiger partial charge in [0.15, 0.2) is 5.69 Å². The predicted octanol–water partition coefficient (Wildman–Crippen LogP) is 2.13. The summed E-state index contributed by atoms with van der Waals surface area (Å²) in [5, 5.41) is 12.6. The molecule has 0 saturated carbocycles. The molecule has 2 aromatic rings. The van der Waals surface area contributed by atoms with Gasteiger partial charge in [-0.3, -0.25) is 4.79 Å². The van der Waals surface area contributed by atoms with Gasteiger partial charge >= 0.3 is 0 Å². The number of nitriles is 1. The van der Waals surface area contributed by atoms with E-state index in [9.17, 15) is 4.79 Å². The summed E-state index contributed by atoms with van der Waals surface area (Å²) in [5.74, 6) is -0.417. The Bertz CT molecular complexity index is 783. The molecule has 3 N–H and O–H groups in total. The normalized spacial score (nSPS) is 17.1. The van der Waals surface area contributed by atoms with Crippen LogP contribution in [0.1, 0.15) is 28.9 Å². The minimum absolute atomic E-state index is 0.177. The third-order valence-electron chi connectivity index (χ3n) is 4.20. The van der Waals surface area contributed by atoms with Gasteiger partial charge in [0.1, 0.15) is 6.07 Å². The van der Waals surface area contributed by atoms with Crippen LogP contribution in [0.5, 0.6) is 0 Å². The number of amides is 1. The number of hydrogen-bond acceptors (Lipinski definition) is 5. The summed E-state index contributed by atoms with van der Waals surface area (Å²) < 4.78 is 0. The van der Waals surface area contributed by atoms with E-state index < -0.39 is 5.91 Å². The first-order valence-corrected chi connectivity index (χ1v) is 7.94. The van der Waals surface area contributed by atoms with Crippen LogP contribution in [-0.4, -0.2) is 30.0 Å². The average Bonchev–Trinajstić information content (AvgIpc) is 2.62. The molecule has 2 heterocycles. The van der Waals surface area contributed by atoms with Gasteiger partial charge in [-0.05, 0) is 37.1 Å². The van der Waals surface area contributed by atoms with Gasteiger partial charge in [0.2, 0.25) is 0 Å². The van der Waals surface area contributed by atoms with Crippen molar-refractivity contribution in [2.45, 2.75) is 18.9 Å². The molecule has 0 radical (unpaired) electrons. The molecule has 0 bridgehead atoms. The van der Waals surface area contributed by atoms with E-state index in [4.69, 9.17) is 11.0 Å². The number of aromatic nitrogens is 1. The highest BCUT2D eigenvalue weighted by Crippen LogP contribution is 2.25. The zero-order chi connectivity index (χ0) is 16.9. The first-order valence-electron chi connectivity index (χ1n) is 7.94. The van der Waals surface area contributed by atoms with Crippen LogP contribution >= 0.6 is 0 Å². The Hall–Kier alpha value is -3.07. The number of nitrogens with one attached hydrogen (secondary N) is 1.